The average molecular weight is 293 g/mol. The van der Waals surface area contributed by atoms with Crippen LogP contribution in [-0.4, -0.2) is 34.1 Å². The van der Waals surface area contributed by atoms with E-state index in [4.69, 9.17) is 0 Å². The Morgan fingerprint density at radius 1 is 1.19 bits per heavy atom. The van der Waals surface area contributed by atoms with Crippen molar-refractivity contribution in [3.63, 3.8) is 0 Å². The lowest BCUT2D eigenvalue weighted by Gasteiger charge is -2.27. The summed E-state index contributed by atoms with van der Waals surface area (Å²) >= 11 is 0. The maximum atomic E-state index is 12.0. The van der Waals surface area contributed by atoms with Crippen LogP contribution in [0.15, 0.2) is 18.2 Å². The lowest BCUT2D eigenvalue weighted by atomic mass is 9.79. The first-order chi connectivity index (χ1) is 9.81. The van der Waals surface area contributed by atoms with Crippen molar-refractivity contribution in [1.82, 2.24) is 4.90 Å². The molecule has 1 amide bonds. The number of aromatic hydroxyl groups is 2. The number of hydrogen-bond donors (Lipinski definition) is 2. The Balaban J connectivity index is 2.63. The molecule has 21 heavy (non-hydrogen) atoms. The van der Waals surface area contributed by atoms with E-state index in [1.165, 1.54) is 6.07 Å². The predicted octanol–water partition coefficient (Wildman–Crippen LogP) is 3.41. The monoisotopic (exact) mass is 293 g/mol. The van der Waals surface area contributed by atoms with E-state index in [0.717, 1.165) is 31.5 Å². The Kier molecular flexibility index (Phi) is 6.06. The van der Waals surface area contributed by atoms with Gasteiger partial charge < -0.3 is 15.1 Å². The number of amides is 1. The largest absolute Gasteiger partial charge is 0.508 e. The molecule has 0 fully saturated rings. The minimum Gasteiger partial charge on any atom is -0.508 e. The first-order valence-electron chi connectivity index (χ1n) is 7.62. The van der Waals surface area contributed by atoms with Crippen molar-refractivity contribution in [2.24, 2.45) is 0 Å². The van der Waals surface area contributed by atoms with Gasteiger partial charge in [-0.2, -0.15) is 0 Å². The van der Waals surface area contributed by atoms with Gasteiger partial charge in [0.25, 0.3) is 0 Å². The maximum Gasteiger partial charge on any atom is 0.222 e. The van der Waals surface area contributed by atoms with Crippen molar-refractivity contribution in [3.8, 4) is 11.5 Å². The van der Waals surface area contributed by atoms with Crippen LogP contribution in [0.5, 0.6) is 11.5 Å². The molecule has 0 atom stereocenters. The van der Waals surface area contributed by atoms with Gasteiger partial charge in [0.15, 0.2) is 0 Å². The highest BCUT2D eigenvalue weighted by molar-refractivity contribution is 5.76. The summed E-state index contributed by atoms with van der Waals surface area (Å²) in [4.78, 5) is 13.8. The van der Waals surface area contributed by atoms with Gasteiger partial charge in [-0.3, -0.25) is 4.79 Å². The van der Waals surface area contributed by atoms with Crippen LogP contribution in [-0.2, 0) is 10.2 Å². The van der Waals surface area contributed by atoms with E-state index in [1.54, 1.807) is 12.1 Å². The van der Waals surface area contributed by atoms with Crippen molar-refractivity contribution in [3.05, 3.63) is 23.8 Å². The number of phenols is 2. The summed E-state index contributed by atoms with van der Waals surface area (Å²) < 4.78 is 0. The Hall–Kier alpha value is -1.71. The summed E-state index contributed by atoms with van der Waals surface area (Å²) in [6, 6.07) is 4.69. The minimum absolute atomic E-state index is 0.0590. The van der Waals surface area contributed by atoms with Crippen molar-refractivity contribution in [2.75, 3.05) is 13.1 Å². The molecule has 0 saturated carbocycles. The Morgan fingerprint density at radius 2 is 1.81 bits per heavy atom. The molecule has 118 valence electrons. The lowest BCUT2D eigenvalue weighted by molar-refractivity contribution is -0.130. The third kappa shape index (κ3) is 4.66. The Bertz CT molecular complexity index is 479. The smallest absolute Gasteiger partial charge is 0.222 e. The van der Waals surface area contributed by atoms with Gasteiger partial charge in [0.1, 0.15) is 11.5 Å². The normalized spacial score (nSPS) is 11.4. The molecule has 4 nitrogen and oxygen atoms in total. The van der Waals surface area contributed by atoms with Crippen molar-refractivity contribution >= 4 is 5.91 Å². The number of rotatable bonds is 7. The van der Waals surface area contributed by atoms with E-state index < -0.39 is 0 Å². The summed E-state index contributed by atoms with van der Waals surface area (Å²) in [5, 5.41) is 19.3. The molecule has 0 aliphatic rings. The van der Waals surface area contributed by atoms with E-state index >= 15 is 0 Å². The topological polar surface area (TPSA) is 60.8 Å². The molecule has 4 heteroatoms. The Labute approximate surface area is 127 Å². The van der Waals surface area contributed by atoms with Crippen LogP contribution in [0.2, 0.25) is 0 Å². The fourth-order valence-corrected chi connectivity index (χ4v) is 2.64. The number of benzene rings is 1. The molecule has 0 heterocycles. The Morgan fingerprint density at radius 3 is 2.33 bits per heavy atom. The zero-order valence-corrected chi connectivity index (χ0v) is 13.5. The highest BCUT2D eigenvalue weighted by Gasteiger charge is 2.24. The SMILES string of the molecule is CCN(CC)C(=O)CCCC(C)(C)c1ccc(O)cc1O. The van der Waals surface area contributed by atoms with Crippen LogP contribution in [0.4, 0.5) is 0 Å². The van der Waals surface area contributed by atoms with Gasteiger partial charge in [0, 0.05) is 25.6 Å². The van der Waals surface area contributed by atoms with E-state index in [2.05, 4.69) is 0 Å². The van der Waals surface area contributed by atoms with Gasteiger partial charge in [-0.05, 0) is 43.7 Å². The first kappa shape index (κ1) is 17.3. The fraction of sp³-hybridized carbons (Fsp3) is 0.588. The van der Waals surface area contributed by atoms with Gasteiger partial charge in [-0.25, -0.2) is 0 Å². The second-order valence-electron chi connectivity index (χ2n) is 6.00. The molecule has 1 aromatic rings. The van der Waals surface area contributed by atoms with Gasteiger partial charge in [0.05, 0.1) is 0 Å². The highest BCUT2D eigenvalue weighted by Crippen LogP contribution is 2.36. The maximum absolute atomic E-state index is 12.0. The molecule has 0 spiro atoms. The van der Waals surface area contributed by atoms with Gasteiger partial charge in [-0.15, -0.1) is 0 Å². The van der Waals surface area contributed by atoms with Crippen molar-refractivity contribution in [2.45, 2.75) is 52.4 Å². The quantitative estimate of drug-likeness (QED) is 0.810. The van der Waals surface area contributed by atoms with Crippen LogP contribution < -0.4 is 0 Å². The third-order valence-electron chi connectivity index (χ3n) is 4.02. The van der Waals surface area contributed by atoms with Gasteiger partial charge in [0.2, 0.25) is 5.91 Å². The second kappa shape index (κ2) is 7.34. The molecule has 0 aliphatic heterocycles. The molecule has 1 rings (SSSR count). The molecule has 2 N–H and O–H groups in total. The molecule has 0 bridgehead atoms. The molecule has 0 aromatic heterocycles. The number of carbonyl (C=O) groups excluding carboxylic acids is 1. The van der Waals surface area contributed by atoms with Crippen molar-refractivity contribution in [1.29, 1.82) is 0 Å². The third-order valence-corrected chi connectivity index (χ3v) is 4.02. The highest BCUT2D eigenvalue weighted by atomic mass is 16.3. The number of nitrogens with zero attached hydrogens (tertiary/aromatic N) is 1. The standard InChI is InChI=1S/C17H27NO3/c1-5-18(6-2)16(21)8-7-11-17(3,4)14-10-9-13(19)12-15(14)20/h9-10,12,19-20H,5-8,11H2,1-4H3. The van der Waals surface area contributed by atoms with Crippen LogP contribution >= 0.6 is 0 Å². The molecular weight excluding hydrogens is 266 g/mol. The molecule has 0 saturated heterocycles. The van der Waals surface area contributed by atoms with Crippen LogP contribution in [0.3, 0.4) is 0 Å². The molecule has 1 aromatic carbocycles. The molecule has 0 radical (unpaired) electrons. The molecule has 0 aliphatic carbocycles. The van der Waals surface area contributed by atoms with E-state index in [0.29, 0.717) is 6.42 Å². The lowest BCUT2D eigenvalue weighted by Crippen LogP contribution is -2.30. The van der Waals surface area contributed by atoms with Crippen LogP contribution in [0.1, 0.15) is 52.5 Å². The van der Waals surface area contributed by atoms with Crippen LogP contribution in [0.25, 0.3) is 0 Å². The van der Waals surface area contributed by atoms with Crippen molar-refractivity contribution < 1.29 is 15.0 Å². The fourth-order valence-electron chi connectivity index (χ4n) is 2.64. The molecular formula is C17H27NO3. The number of hydrogen-bond acceptors (Lipinski definition) is 3. The summed E-state index contributed by atoms with van der Waals surface area (Å²) in [6.45, 7) is 9.55. The zero-order chi connectivity index (χ0) is 16.0. The van der Waals surface area contributed by atoms with Gasteiger partial charge in [-0.1, -0.05) is 19.9 Å². The number of phenolic OH excluding ortho intramolecular Hbond substituents is 2. The first-order valence-corrected chi connectivity index (χ1v) is 7.62. The van der Waals surface area contributed by atoms with Gasteiger partial charge >= 0.3 is 0 Å². The second-order valence-corrected chi connectivity index (χ2v) is 6.00. The summed E-state index contributed by atoms with van der Waals surface area (Å²) in [6.07, 6.45) is 2.12. The average Bonchev–Trinajstić information content (AvgIpc) is 2.39. The summed E-state index contributed by atoms with van der Waals surface area (Å²) in [5.41, 5.74) is 0.567. The van der Waals surface area contributed by atoms with E-state index in [9.17, 15) is 15.0 Å². The van der Waals surface area contributed by atoms with E-state index in [-0.39, 0.29) is 22.8 Å². The summed E-state index contributed by atoms with van der Waals surface area (Å²) in [5.74, 6) is 0.351. The van der Waals surface area contributed by atoms with E-state index in [1.807, 2.05) is 32.6 Å². The minimum atomic E-state index is -0.235. The predicted molar refractivity (Wildman–Crippen MR) is 84.6 cm³/mol. The van der Waals surface area contributed by atoms with Crippen LogP contribution in [0, 0.1) is 0 Å². The zero-order valence-electron chi connectivity index (χ0n) is 13.5. The molecule has 0 unspecified atom stereocenters. The number of carbonyl (C=O) groups is 1. The summed E-state index contributed by atoms with van der Waals surface area (Å²) in [7, 11) is 0.